The highest BCUT2D eigenvalue weighted by atomic mass is 19.1. The summed E-state index contributed by atoms with van der Waals surface area (Å²) < 4.78 is 28.0. The van der Waals surface area contributed by atoms with Crippen LogP contribution in [0.3, 0.4) is 0 Å². The second-order valence-corrected chi connectivity index (χ2v) is 4.39. The number of rotatable bonds is 8. The van der Waals surface area contributed by atoms with Gasteiger partial charge in [-0.15, -0.1) is 0 Å². The fourth-order valence-corrected chi connectivity index (χ4v) is 1.98. The average Bonchev–Trinajstić information content (AvgIpc) is 2.37. The molecule has 0 unspecified atom stereocenters. The highest BCUT2D eigenvalue weighted by molar-refractivity contribution is 5.50. The number of likely N-dealkylation sites (N-methyl/N-ethyl adjacent to an activating group) is 1. The third-order valence-electron chi connectivity index (χ3n) is 2.90. The molecule has 0 atom stereocenters. The molecule has 1 aromatic rings. The highest BCUT2D eigenvalue weighted by Crippen LogP contribution is 2.24. The molecule has 0 amide bonds. The Labute approximate surface area is 113 Å². The first-order valence-electron chi connectivity index (χ1n) is 6.68. The van der Waals surface area contributed by atoms with Gasteiger partial charge in [0, 0.05) is 19.6 Å². The van der Waals surface area contributed by atoms with E-state index < -0.39 is 11.6 Å². The predicted octanol–water partition coefficient (Wildman–Crippen LogP) is 2.28. The van der Waals surface area contributed by atoms with Crippen LogP contribution in [0.4, 0.5) is 14.5 Å². The van der Waals surface area contributed by atoms with Crippen molar-refractivity contribution in [2.75, 3.05) is 31.1 Å². The zero-order valence-electron chi connectivity index (χ0n) is 11.5. The van der Waals surface area contributed by atoms with E-state index in [0.29, 0.717) is 18.7 Å². The van der Waals surface area contributed by atoms with Gasteiger partial charge >= 0.3 is 0 Å². The number of halogens is 2. The monoisotopic (exact) mass is 272 g/mol. The molecular weight excluding hydrogens is 250 g/mol. The first kappa shape index (κ1) is 15.9. The summed E-state index contributed by atoms with van der Waals surface area (Å²) in [5.41, 5.74) is 0.531. The van der Waals surface area contributed by atoms with Crippen LogP contribution in [-0.2, 0) is 6.54 Å². The molecule has 0 aliphatic carbocycles. The summed E-state index contributed by atoms with van der Waals surface area (Å²) >= 11 is 0. The van der Waals surface area contributed by atoms with Crippen LogP contribution in [-0.4, -0.2) is 31.3 Å². The molecule has 0 heterocycles. The van der Waals surface area contributed by atoms with E-state index in [1.54, 1.807) is 6.92 Å². The third kappa shape index (κ3) is 4.44. The van der Waals surface area contributed by atoms with E-state index in [2.05, 4.69) is 5.32 Å². The summed E-state index contributed by atoms with van der Waals surface area (Å²) in [6, 6.07) is 2.70. The van der Waals surface area contributed by atoms with Gasteiger partial charge in [-0.25, -0.2) is 8.78 Å². The van der Waals surface area contributed by atoms with Crippen molar-refractivity contribution in [3.63, 3.8) is 0 Å². The van der Waals surface area contributed by atoms with Crippen LogP contribution < -0.4 is 10.2 Å². The lowest BCUT2D eigenvalue weighted by Crippen LogP contribution is -2.28. The number of anilines is 1. The fraction of sp³-hybridized carbons (Fsp3) is 0.571. The number of aliphatic hydroxyl groups excluding tert-OH is 1. The largest absolute Gasteiger partial charge is 0.395 e. The van der Waals surface area contributed by atoms with Crippen LogP contribution in [0.25, 0.3) is 0 Å². The maximum atomic E-state index is 14.0. The van der Waals surface area contributed by atoms with E-state index in [1.165, 1.54) is 17.0 Å². The van der Waals surface area contributed by atoms with E-state index in [-0.39, 0.29) is 18.8 Å². The van der Waals surface area contributed by atoms with Crippen molar-refractivity contribution < 1.29 is 13.9 Å². The van der Waals surface area contributed by atoms with Crippen LogP contribution in [0, 0.1) is 11.6 Å². The fourth-order valence-electron chi connectivity index (χ4n) is 1.98. The minimum atomic E-state index is -0.580. The Morgan fingerprint density at radius 3 is 2.32 bits per heavy atom. The average molecular weight is 272 g/mol. The third-order valence-corrected chi connectivity index (χ3v) is 2.90. The summed E-state index contributed by atoms with van der Waals surface area (Å²) in [7, 11) is 0. The van der Waals surface area contributed by atoms with E-state index >= 15 is 0 Å². The van der Waals surface area contributed by atoms with Gasteiger partial charge in [0.15, 0.2) is 0 Å². The maximum Gasteiger partial charge on any atom is 0.149 e. The van der Waals surface area contributed by atoms with Gasteiger partial charge in [0.2, 0.25) is 0 Å². The van der Waals surface area contributed by atoms with E-state index in [9.17, 15) is 8.78 Å². The lowest BCUT2D eigenvalue weighted by Gasteiger charge is -2.23. The molecule has 0 bridgehead atoms. The van der Waals surface area contributed by atoms with Crippen molar-refractivity contribution in [3.05, 3.63) is 29.3 Å². The number of nitrogens with one attached hydrogen (secondary N) is 1. The van der Waals surface area contributed by atoms with Crippen molar-refractivity contribution in [1.82, 2.24) is 5.32 Å². The minimum absolute atomic E-state index is 0.0595. The molecule has 2 N–H and O–H groups in total. The standard InChI is InChI=1S/C14H22F2N2O/c1-3-5-17-10-11-8-12(15)14(13(16)9-11)18(4-2)6-7-19/h8-9,17,19H,3-7,10H2,1-2H3. The number of benzene rings is 1. The topological polar surface area (TPSA) is 35.5 Å². The van der Waals surface area contributed by atoms with Crippen LogP contribution >= 0.6 is 0 Å². The number of aliphatic hydroxyl groups is 1. The summed E-state index contributed by atoms with van der Waals surface area (Å²) in [5, 5.41) is 12.0. The first-order chi connectivity index (χ1) is 9.13. The van der Waals surface area contributed by atoms with Crippen LogP contribution in [0.15, 0.2) is 12.1 Å². The summed E-state index contributed by atoms with van der Waals surface area (Å²) in [6.07, 6.45) is 0.975. The predicted molar refractivity (Wildman–Crippen MR) is 73.3 cm³/mol. The number of nitrogens with zero attached hydrogens (tertiary/aromatic N) is 1. The van der Waals surface area contributed by atoms with Gasteiger partial charge in [-0.3, -0.25) is 0 Å². The Bertz CT molecular complexity index is 376. The Kier molecular flexibility index (Phi) is 6.73. The Morgan fingerprint density at radius 2 is 1.84 bits per heavy atom. The zero-order chi connectivity index (χ0) is 14.3. The Balaban J connectivity index is 2.89. The van der Waals surface area contributed by atoms with Crippen LogP contribution in [0.1, 0.15) is 25.8 Å². The van der Waals surface area contributed by atoms with Gasteiger partial charge < -0.3 is 15.3 Å². The normalized spacial score (nSPS) is 10.8. The molecule has 19 heavy (non-hydrogen) atoms. The van der Waals surface area contributed by atoms with Crippen molar-refractivity contribution in [2.45, 2.75) is 26.8 Å². The highest BCUT2D eigenvalue weighted by Gasteiger charge is 2.16. The molecule has 0 aliphatic heterocycles. The smallest absolute Gasteiger partial charge is 0.149 e. The molecule has 5 heteroatoms. The molecule has 0 saturated carbocycles. The van der Waals surface area contributed by atoms with Crippen LogP contribution in [0.5, 0.6) is 0 Å². The Morgan fingerprint density at radius 1 is 1.21 bits per heavy atom. The lowest BCUT2D eigenvalue weighted by molar-refractivity contribution is 0.301. The minimum Gasteiger partial charge on any atom is -0.395 e. The molecule has 0 aromatic heterocycles. The van der Waals surface area contributed by atoms with E-state index in [1.807, 2.05) is 6.92 Å². The summed E-state index contributed by atoms with van der Waals surface area (Å²) in [5.74, 6) is -1.16. The van der Waals surface area contributed by atoms with Gasteiger partial charge in [-0.1, -0.05) is 6.92 Å². The zero-order valence-corrected chi connectivity index (χ0v) is 11.5. The molecule has 1 rings (SSSR count). The van der Waals surface area contributed by atoms with Gasteiger partial charge in [0.05, 0.1) is 6.61 Å². The second kappa shape index (κ2) is 8.07. The number of hydrogen-bond donors (Lipinski definition) is 2. The maximum absolute atomic E-state index is 14.0. The van der Waals surface area contributed by atoms with Crippen molar-refractivity contribution >= 4 is 5.69 Å². The Hall–Kier alpha value is -1.20. The van der Waals surface area contributed by atoms with Crippen molar-refractivity contribution in [2.24, 2.45) is 0 Å². The second-order valence-electron chi connectivity index (χ2n) is 4.39. The van der Waals surface area contributed by atoms with Crippen molar-refractivity contribution in [1.29, 1.82) is 0 Å². The SMILES string of the molecule is CCCNCc1cc(F)c(N(CC)CCO)c(F)c1. The quantitative estimate of drug-likeness (QED) is 0.713. The molecular formula is C14H22F2N2O. The molecule has 0 aliphatic rings. The van der Waals surface area contributed by atoms with E-state index in [4.69, 9.17) is 5.11 Å². The molecule has 0 saturated heterocycles. The van der Waals surface area contributed by atoms with Crippen molar-refractivity contribution in [3.8, 4) is 0 Å². The summed E-state index contributed by atoms with van der Waals surface area (Å²) in [6.45, 7) is 5.63. The van der Waals surface area contributed by atoms with Gasteiger partial charge in [0.1, 0.15) is 17.3 Å². The molecule has 0 fully saturated rings. The number of hydrogen-bond acceptors (Lipinski definition) is 3. The van der Waals surface area contributed by atoms with Gasteiger partial charge in [-0.2, -0.15) is 0 Å². The van der Waals surface area contributed by atoms with Crippen LogP contribution in [0.2, 0.25) is 0 Å². The van der Waals surface area contributed by atoms with Gasteiger partial charge in [0.25, 0.3) is 0 Å². The first-order valence-corrected chi connectivity index (χ1v) is 6.68. The van der Waals surface area contributed by atoms with E-state index in [0.717, 1.165) is 13.0 Å². The molecule has 108 valence electrons. The molecule has 0 spiro atoms. The molecule has 1 aromatic carbocycles. The molecule has 3 nitrogen and oxygen atoms in total. The molecule has 0 radical (unpaired) electrons. The van der Waals surface area contributed by atoms with Gasteiger partial charge in [-0.05, 0) is 37.6 Å². The lowest BCUT2D eigenvalue weighted by atomic mass is 10.1. The summed E-state index contributed by atoms with van der Waals surface area (Å²) in [4.78, 5) is 1.49.